The molecule has 5 nitrogen and oxygen atoms in total. The lowest BCUT2D eigenvalue weighted by atomic mass is 10.2. The summed E-state index contributed by atoms with van der Waals surface area (Å²) in [5.41, 5.74) is 2.83. The molecule has 3 rings (SSSR count). The zero-order chi connectivity index (χ0) is 15.0. The Balaban J connectivity index is 1.89. The van der Waals surface area contributed by atoms with Crippen molar-refractivity contribution in [2.24, 2.45) is 0 Å². The van der Waals surface area contributed by atoms with Crippen molar-refractivity contribution >= 4 is 17.2 Å². The van der Waals surface area contributed by atoms with Gasteiger partial charge in [-0.15, -0.1) is 11.3 Å². The molecule has 1 fully saturated rings. The number of carbonyl (C=O) groups is 1. The van der Waals surface area contributed by atoms with Crippen LogP contribution in [0.5, 0.6) is 0 Å². The zero-order valence-corrected chi connectivity index (χ0v) is 13.5. The second-order valence-electron chi connectivity index (χ2n) is 5.53. The third kappa shape index (κ3) is 2.61. The van der Waals surface area contributed by atoms with Gasteiger partial charge in [-0.05, 0) is 27.0 Å². The van der Waals surface area contributed by atoms with Gasteiger partial charge in [0.05, 0.1) is 5.56 Å². The Morgan fingerprint density at radius 2 is 1.95 bits per heavy atom. The zero-order valence-electron chi connectivity index (χ0n) is 12.7. The maximum absolute atomic E-state index is 12.7. The van der Waals surface area contributed by atoms with Gasteiger partial charge in [0.25, 0.3) is 5.91 Å². The van der Waals surface area contributed by atoms with Gasteiger partial charge in [-0.3, -0.25) is 9.36 Å². The molecule has 0 unspecified atom stereocenters. The van der Waals surface area contributed by atoms with Gasteiger partial charge in [-0.25, -0.2) is 4.98 Å². The smallest absolute Gasteiger partial charge is 0.255 e. The Morgan fingerprint density at radius 1 is 1.24 bits per heavy atom. The number of piperazine rings is 1. The largest absolute Gasteiger partial charge is 0.336 e. The molecule has 3 heterocycles. The van der Waals surface area contributed by atoms with Crippen molar-refractivity contribution < 1.29 is 4.79 Å². The molecule has 0 aliphatic carbocycles. The van der Waals surface area contributed by atoms with E-state index in [2.05, 4.69) is 21.5 Å². The van der Waals surface area contributed by atoms with Gasteiger partial charge >= 0.3 is 0 Å². The van der Waals surface area contributed by atoms with E-state index in [1.165, 1.54) is 0 Å². The molecule has 2 aromatic heterocycles. The summed E-state index contributed by atoms with van der Waals surface area (Å²) in [6, 6.07) is 1.98. The Labute approximate surface area is 128 Å². The topological polar surface area (TPSA) is 41.4 Å². The molecular weight excluding hydrogens is 284 g/mol. The molecule has 0 bridgehead atoms. The van der Waals surface area contributed by atoms with Crippen LogP contribution in [0.1, 0.15) is 21.7 Å². The van der Waals surface area contributed by atoms with Gasteiger partial charge in [0.2, 0.25) is 0 Å². The van der Waals surface area contributed by atoms with E-state index in [0.29, 0.717) is 0 Å². The quantitative estimate of drug-likeness (QED) is 0.851. The summed E-state index contributed by atoms with van der Waals surface area (Å²) in [6.07, 6.45) is 1.79. The molecule has 6 heteroatoms. The second kappa shape index (κ2) is 5.61. The summed E-state index contributed by atoms with van der Waals surface area (Å²) in [5, 5.41) is 2.87. The molecule has 1 saturated heterocycles. The maximum Gasteiger partial charge on any atom is 0.255 e. The van der Waals surface area contributed by atoms with Gasteiger partial charge in [-0.1, -0.05) is 0 Å². The van der Waals surface area contributed by atoms with Crippen molar-refractivity contribution in [2.75, 3.05) is 33.2 Å². The normalized spacial score (nSPS) is 16.4. The summed E-state index contributed by atoms with van der Waals surface area (Å²) in [4.78, 5) is 21.3. The highest BCUT2D eigenvalue weighted by atomic mass is 32.1. The molecule has 1 amide bonds. The molecule has 0 spiro atoms. The lowest BCUT2D eigenvalue weighted by molar-refractivity contribution is 0.0663. The van der Waals surface area contributed by atoms with Gasteiger partial charge in [0.15, 0.2) is 5.13 Å². The lowest BCUT2D eigenvalue weighted by Gasteiger charge is -2.32. The van der Waals surface area contributed by atoms with E-state index in [0.717, 1.165) is 48.3 Å². The highest BCUT2D eigenvalue weighted by Crippen LogP contribution is 2.23. The number of hydrogen-bond acceptors (Lipinski definition) is 4. The molecule has 0 aromatic carbocycles. The highest BCUT2D eigenvalue weighted by molar-refractivity contribution is 7.12. The van der Waals surface area contributed by atoms with E-state index >= 15 is 0 Å². The number of nitrogens with zero attached hydrogens (tertiary/aromatic N) is 4. The monoisotopic (exact) mass is 304 g/mol. The van der Waals surface area contributed by atoms with Crippen molar-refractivity contribution in [3.63, 3.8) is 0 Å². The summed E-state index contributed by atoms with van der Waals surface area (Å²) in [6.45, 7) is 7.51. The molecule has 1 aliphatic rings. The van der Waals surface area contributed by atoms with Crippen LogP contribution in [0.2, 0.25) is 0 Å². The first-order chi connectivity index (χ1) is 10.1. The third-order valence-corrected chi connectivity index (χ3v) is 4.82. The molecule has 0 radical (unpaired) electrons. The summed E-state index contributed by atoms with van der Waals surface area (Å²) in [7, 11) is 2.09. The first-order valence-corrected chi connectivity index (χ1v) is 8.02. The predicted octanol–water partition coefficient (Wildman–Crippen LogP) is 1.94. The van der Waals surface area contributed by atoms with Crippen LogP contribution < -0.4 is 0 Å². The molecule has 1 aliphatic heterocycles. The molecule has 0 saturated carbocycles. The van der Waals surface area contributed by atoms with Crippen LogP contribution in [0.15, 0.2) is 17.6 Å². The number of carbonyl (C=O) groups excluding carboxylic acids is 1. The van der Waals surface area contributed by atoms with Crippen LogP contribution in [-0.2, 0) is 0 Å². The highest BCUT2D eigenvalue weighted by Gasteiger charge is 2.24. The van der Waals surface area contributed by atoms with Gasteiger partial charge < -0.3 is 9.80 Å². The Kier molecular flexibility index (Phi) is 3.82. The number of aryl methyl sites for hydroxylation is 1. The number of amides is 1. The average molecular weight is 304 g/mol. The fourth-order valence-corrected chi connectivity index (χ4v) is 3.53. The summed E-state index contributed by atoms with van der Waals surface area (Å²) >= 11 is 1.59. The van der Waals surface area contributed by atoms with Crippen LogP contribution in [0.25, 0.3) is 5.13 Å². The Bertz CT molecular complexity index is 639. The van der Waals surface area contributed by atoms with Gasteiger partial charge in [0, 0.05) is 49.1 Å². The molecule has 21 heavy (non-hydrogen) atoms. The average Bonchev–Trinajstić information content (AvgIpc) is 3.07. The van der Waals surface area contributed by atoms with E-state index in [4.69, 9.17) is 0 Å². The van der Waals surface area contributed by atoms with Gasteiger partial charge in [-0.2, -0.15) is 0 Å². The van der Waals surface area contributed by atoms with Crippen LogP contribution in [0.3, 0.4) is 0 Å². The minimum atomic E-state index is 0.138. The fourth-order valence-electron chi connectivity index (χ4n) is 2.78. The lowest BCUT2D eigenvalue weighted by Crippen LogP contribution is -2.47. The van der Waals surface area contributed by atoms with Crippen LogP contribution in [-0.4, -0.2) is 58.5 Å². The van der Waals surface area contributed by atoms with E-state index in [1.807, 2.05) is 30.2 Å². The van der Waals surface area contributed by atoms with Crippen LogP contribution in [0, 0.1) is 13.8 Å². The third-order valence-electron chi connectivity index (χ3n) is 4.06. The van der Waals surface area contributed by atoms with Crippen molar-refractivity contribution in [3.05, 3.63) is 34.6 Å². The predicted molar refractivity (Wildman–Crippen MR) is 84.3 cm³/mol. The van der Waals surface area contributed by atoms with Crippen molar-refractivity contribution in [1.29, 1.82) is 0 Å². The van der Waals surface area contributed by atoms with E-state index in [-0.39, 0.29) is 5.91 Å². The fraction of sp³-hybridized carbons (Fsp3) is 0.467. The molecule has 0 N–H and O–H groups in total. The molecule has 0 atom stereocenters. The minimum Gasteiger partial charge on any atom is -0.336 e. The standard InChI is InChI=1S/C15H20N4OS/c1-11-10-13(12(2)19(11)15-16-4-9-21-15)14(20)18-7-5-17(3)6-8-18/h4,9-10H,5-8H2,1-3H3. The maximum atomic E-state index is 12.7. The number of likely N-dealkylation sites (N-methyl/N-ethyl adjacent to an activating group) is 1. The molecule has 2 aromatic rings. The van der Waals surface area contributed by atoms with Crippen molar-refractivity contribution in [2.45, 2.75) is 13.8 Å². The first-order valence-electron chi connectivity index (χ1n) is 7.14. The summed E-state index contributed by atoms with van der Waals surface area (Å²) in [5.74, 6) is 0.138. The molecule has 112 valence electrons. The number of hydrogen-bond donors (Lipinski definition) is 0. The number of rotatable bonds is 2. The summed E-state index contributed by atoms with van der Waals surface area (Å²) < 4.78 is 2.06. The van der Waals surface area contributed by atoms with Gasteiger partial charge in [0.1, 0.15) is 0 Å². The number of aromatic nitrogens is 2. The second-order valence-corrected chi connectivity index (χ2v) is 6.40. The molecular formula is C15H20N4OS. The van der Waals surface area contributed by atoms with Crippen LogP contribution >= 0.6 is 11.3 Å². The number of thiazole rings is 1. The van der Waals surface area contributed by atoms with E-state index in [1.54, 1.807) is 17.5 Å². The van der Waals surface area contributed by atoms with E-state index in [9.17, 15) is 4.79 Å². The van der Waals surface area contributed by atoms with Crippen molar-refractivity contribution in [1.82, 2.24) is 19.4 Å². The van der Waals surface area contributed by atoms with Crippen molar-refractivity contribution in [3.8, 4) is 5.13 Å². The Morgan fingerprint density at radius 3 is 2.57 bits per heavy atom. The first kappa shape index (κ1) is 14.3. The van der Waals surface area contributed by atoms with Crippen LogP contribution in [0.4, 0.5) is 0 Å². The Hall–Kier alpha value is -1.66. The van der Waals surface area contributed by atoms with E-state index < -0.39 is 0 Å². The SMILES string of the molecule is Cc1cc(C(=O)N2CCN(C)CC2)c(C)n1-c1nccs1. The minimum absolute atomic E-state index is 0.138.